The topological polar surface area (TPSA) is 61.7 Å². The van der Waals surface area contributed by atoms with Gasteiger partial charge in [-0.25, -0.2) is 0 Å². The Hall–Kier alpha value is -1.26. The highest BCUT2D eigenvalue weighted by Gasteiger charge is 2.04. The van der Waals surface area contributed by atoms with Crippen molar-refractivity contribution in [3.63, 3.8) is 0 Å². The van der Waals surface area contributed by atoms with Gasteiger partial charge in [-0.15, -0.1) is 0 Å². The number of para-hydroxylation sites is 1. The maximum absolute atomic E-state index is 9.58. The van der Waals surface area contributed by atoms with Gasteiger partial charge in [0.2, 0.25) is 0 Å². The number of aromatic hydroxyl groups is 2. The summed E-state index contributed by atoms with van der Waals surface area (Å²) < 4.78 is 5.46. The molecule has 0 aromatic heterocycles. The van der Waals surface area contributed by atoms with Crippen LogP contribution in [0, 0.1) is 5.92 Å². The minimum Gasteiger partial charge on any atom is -0.504 e. The molecule has 0 heterocycles. The van der Waals surface area contributed by atoms with E-state index in [0.717, 1.165) is 26.2 Å². The Labute approximate surface area is 109 Å². The Morgan fingerprint density at radius 2 is 2.06 bits per heavy atom. The van der Waals surface area contributed by atoms with Gasteiger partial charge in [-0.2, -0.15) is 0 Å². The highest BCUT2D eigenvalue weighted by atomic mass is 16.5. The molecule has 0 aliphatic carbocycles. The molecule has 0 aliphatic rings. The molecular weight excluding hydrogens is 230 g/mol. The first-order valence-electron chi connectivity index (χ1n) is 6.39. The number of benzene rings is 1. The van der Waals surface area contributed by atoms with Crippen LogP contribution in [-0.2, 0) is 11.3 Å². The molecule has 0 saturated heterocycles. The second-order valence-corrected chi connectivity index (χ2v) is 4.78. The van der Waals surface area contributed by atoms with Crippen molar-refractivity contribution in [2.45, 2.75) is 26.8 Å². The summed E-state index contributed by atoms with van der Waals surface area (Å²) in [7, 11) is 0. The predicted molar refractivity (Wildman–Crippen MR) is 71.8 cm³/mol. The van der Waals surface area contributed by atoms with Gasteiger partial charge < -0.3 is 20.3 Å². The van der Waals surface area contributed by atoms with E-state index >= 15 is 0 Å². The molecule has 0 atom stereocenters. The van der Waals surface area contributed by atoms with Crippen molar-refractivity contribution < 1.29 is 14.9 Å². The third-order valence-electron chi connectivity index (χ3n) is 2.51. The van der Waals surface area contributed by atoms with Crippen LogP contribution in [-0.4, -0.2) is 30.0 Å². The fraction of sp³-hybridized carbons (Fsp3) is 0.571. The van der Waals surface area contributed by atoms with Crippen molar-refractivity contribution in [2.24, 2.45) is 5.92 Å². The van der Waals surface area contributed by atoms with E-state index in [9.17, 15) is 10.2 Å². The van der Waals surface area contributed by atoms with Crippen LogP contribution >= 0.6 is 0 Å². The van der Waals surface area contributed by atoms with Crippen molar-refractivity contribution in [2.75, 3.05) is 19.8 Å². The van der Waals surface area contributed by atoms with Crippen LogP contribution in [0.4, 0.5) is 0 Å². The van der Waals surface area contributed by atoms with Crippen LogP contribution in [0.1, 0.15) is 25.8 Å². The first kappa shape index (κ1) is 14.8. The summed E-state index contributed by atoms with van der Waals surface area (Å²) in [5.41, 5.74) is 0.707. The Morgan fingerprint density at radius 1 is 1.28 bits per heavy atom. The van der Waals surface area contributed by atoms with Crippen LogP contribution < -0.4 is 5.32 Å². The first-order chi connectivity index (χ1) is 8.61. The molecule has 0 unspecified atom stereocenters. The second kappa shape index (κ2) is 7.95. The van der Waals surface area contributed by atoms with E-state index < -0.39 is 0 Å². The average molecular weight is 253 g/mol. The highest BCUT2D eigenvalue weighted by Crippen LogP contribution is 2.27. The van der Waals surface area contributed by atoms with E-state index in [4.69, 9.17) is 4.74 Å². The standard InChI is InChI=1S/C14H23NO3/c1-11(2)10-18-8-4-7-15-9-12-5-3-6-13(16)14(12)17/h3,5-6,11,15-17H,4,7-10H2,1-2H3. The van der Waals surface area contributed by atoms with Crippen molar-refractivity contribution in [1.29, 1.82) is 0 Å². The third kappa shape index (κ3) is 5.38. The van der Waals surface area contributed by atoms with E-state index in [1.54, 1.807) is 12.1 Å². The molecule has 102 valence electrons. The van der Waals surface area contributed by atoms with Crippen LogP contribution in [0.5, 0.6) is 11.5 Å². The van der Waals surface area contributed by atoms with Crippen molar-refractivity contribution in [1.82, 2.24) is 5.32 Å². The summed E-state index contributed by atoms with van der Waals surface area (Å²) in [6.45, 7) is 7.17. The normalized spacial score (nSPS) is 11.1. The van der Waals surface area contributed by atoms with E-state index in [0.29, 0.717) is 18.0 Å². The number of ether oxygens (including phenoxy) is 1. The largest absolute Gasteiger partial charge is 0.504 e. The van der Waals surface area contributed by atoms with Gasteiger partial charge in [0.15, 0.2) is 11.5 Å². The number of phenolic OH excluding ortho intramolecular Hbond substituents is 2. The van der Waals surface area contributed by atoms with Crippen LogP contribution in [0.3, 0.4) is 0 Å². The number of phenols is 2. The molecule has 0 bridgehead atoms. The third-order valence-corrected chi connectivity index (χ3v) is 2.51. The maximum atomic E-state index is 9.58. The number of nitrogens with one attached hydrogen (secondary N) is 1. The lowest BCUT2D eigenvalue weighted by Crippen LogP contribution is -2.17. The summed E-state index contributed by atoms with van der Waals surface area (Å²) in [6.07, 6.45) is 0.937. The van der Waals surface area contributed by atoms with Crippen LogP contribution in [0.2, 0.25) is 0 Å². The van der Waals surface area contributed by atoms with Gasteiger partial charge in [-0.1, -0.05) is 26.0 Å². The molecule has 1 aromatic carbocycles. The van der Waals surface area contributed by atoms with Gasteiger partial charge >= 0.3 is 0 Å². The molecule has 1 rings (SSSR count). The molecule has 4 nitrogen and oxygen atoms in total. The van der Waals surface area contributed by atoms with Gasteiger partial charge in [0.25, 0.3) is 0 Å². The second-order valence-electron chi connectivity index (χ2n) is 4.78. The first-order valence-corrected chi connectivity index (χ1v) is 6.39. The molecule has 0 radical (unpaired) electrons. The minimum absolute atomic E-state index is 0.0407. The lowest BCUT2D eigenvalue weighted by Gasteiger charge is -2.09. The predicted octanol–water partition coefficient (Wildman–Crippen LogP) is 2.25. The molecule has 0 amide bonds. The Bertz CT molecular complexity index is 353. The quantitative estimate of drug-likeness (QED) is 0.491. The molecule has 3 N–H and O–H groups in total. The van der Waals surface area contributed by atoms with Gasteiger partial charge in [-0.3, -0.25) is 0 Å². The molecule has 0 aliphatic heterocycles. The number of hydrogen-bond donors (Lipinski definition) is 3. The molecule has 18 heavy (non-hydrogen) atoms. The smallest absolute Gasteiger partial charge is 0.161 e. The van der Waals surface area contributed by atoms with Gasteiger partial charge in [0, 0.05) is 25.3 Å². The maximum Gasteiger partial charge on any atom is 0.161 e. The molecule has 0 saturated carbocycles. The van der Waals surface area contributed by atoms with E-state index in [1.807, 2.05) is 0 Å². The summed E-state index contributed by atoms with van der Waals surface area (Å²) in [6, 6.07) is 4.98. The van der Waals surface area contributed by atoms with Gasteiger partial charge in [0.05, 0.1) is 0 Å². The highest BCUT2D eigenvalue weighted by molar-refractivity contribution is 5.44. The monoisotopic (exact) mass is 253 g/mol. The van der Waals surface area contributed by atoms with Crippen molar-refractivity contribution in [3.05, 3.63) is 23.8 Å². The fourth-order valence-corrected chi connectivity index (χ4v) is 1.56. The van der Waals surface area contributed by atoms with Crippen molar-refractivity contribution in [3.8, 4) is 11.5 Å². The molecule has 4 heteroatoms. The van der Waals surface area contributed by atoms with Gasteiger partial charge in [-0.05, 0) is 24.9 Å². The zero-order valence-electron chi connectivity index (χ0n) is 11.1. The van der Waals surface area contributed by atoms with Crippen LogP contribution in [0.25, 0.3) is 0 Å². The molecule has 0 spiro atoms. The summed E-state index contributed by atoms with van der Waals surface area (Å²) >= 11 is 0. The minimum atomic E-state index is -0.0745. The van der Waals surface area contributed by atoms with Crippen molar-refractivity contribution >= 4 is 0 Å². The SMILES string of the molecule is CC(C)COCCCNCc1cccc(O)c1O. The lowest BCUT2D eigenvalue weighted by molar-refractivity contribution is 0.108. The van der Waals surface area contributed by atoms with E-state index in [-0.39, 0.29) is 11.5 Å². The number of hydrogen-bond acceptors (Lipinski definition) is 4. The summed E-state index contributed by atoms with van der Waals surface area (Å²) in [5.74, 6) is 0.456. The zero-order chi connectivity index (χ0) is 13.4. The van der Waals surface area contributed by atoms with Gasteiger partial charge in [0.1, 0.15) is 0 Å². The molecule has 1 aromatic rings. The zero-order valence-corrected chi connectivity index (χ0v) is 11.1. The Kier molecular flexibility index (Phi) is 6.54. The van der Waals surface area contributed by atoms with E-state index in [2.05, 4.69) is 19.2 Å². The Balaban J connectivity index is 2.13. The Morgan fingerprint density at radius 3 is 2.78 bits per heavy atom. The summed E-state index contributed by atoms with van der Waals surface area (Å²) in [5, 5.41) is 22.1. The van der Waals surface area contributed by atoms with E-state index in [1.165, 1.54) is 6.07 Å². The van der Waals surface area contributed by atoms with Crippen LogP contribution in [0.15, 0.2) is 18.2 Å². The number of rotatable bonds is 8. The molecular formula is C14H23NO3. The average Bonchev–Trinajstić information content (AvgIpc) is 2.32. The lowest BCUT2D eigenvalue weighted by atomic mass is 10.2. The summed E-state index contributed by atoms with van der Waals surface area (Å²) in [4.78, 5) is 0. The molecule has 0 fully saturated rings. The fourth-order valence-electron chi connectivity index (χ4n) is 1.56.